The van der Waals surface area contributed by atoms with Gasteiger partial charge in [-0.1, -0.05) is 30.3 Å². The van der Waals surface area contributed by atoms with Crippen molar-refractivity contribution in [3.63, 3.8) is 0 Å². The lowest BCUT2D eigenvalue weighted by atomic mass is 10.0. The number of rotatable bonds is 3. The quantitative estimate of drug-likeness (QED) is 0.728. The summed E-state index contributed by atoms with van der Waals surface area (Å²) in [4.78, 5) is 0. The minimum atomic E-state index is -0.392. The third-order valence-electron chi connectivity index (χ3n) is 2.82. The lowest BCUT2D eigenvalue weighted by Gasteiger charge is -2.34. The Labute approximate surface area is 86.4 Å². The zero-order valence-electron chi connectivity index (χ0n) is 9.44. The SMILES string of the molecule is CC([C@@H](O)c1ccccc1)[N+](C)(C)C. The van der Waals surface area contributed by atoms with Crippen LogP contribution in [0.4, 0.5) is 0 Å². The van der Waals surface area contributed by atoms with Gasteiger partial charge in [-0.25, -0.2) is 0 Å². The molecule has 78 valence electrons. The Morgan fingerprint density at radius 1 is 1.07 bits per heavy atom. The molecule has 0 amide bonds. The summed E-state index contributed by atoms with van der Waals surface area (Å²) in [5.74, 6) is 0. The van der Waals surface area contributed by atoms with Crippen LogP contribution < -0.4 is 0 Å². The zero-order chi connectivity index (χ0) is 10.8. The molecule has 14 heavy (non-hydrogen) atoms. The van der Waals surface area contributed by atoms with Crippen LogP contribution in [0.5, 0.6) is 0 Å². The number of likely N-dealkylation sites (N-methyl/N-ethyl adjacent to an activating group) is 1. The highest BCUT2D eigenvalue weighted by Gasteiger charge is 2.27. The predicted molar refractivity (Wildman–Crippen MR) is 58.9 cm³/mol. The zero-order valence-corrected chi connectivity index (χ0v) is 9.44. The van der Waals surface area contributed by atoms with Crippen molar-refractivity contribution in [3.05, 3.63) is 35.9 Å². The van der Waals surface area contributed by atoms with Gasteiger partial charge in [0.2, 0.25) is 0 Å². The molecule has 0 saturated heterocycles. The minimum absolute atomic E-state index is 0.192. The molecule has 0 aromatic heterocycles. The van der Waals surface area contributed by atoms with Crippen LogP contribution in [0.25, 0.3) is 0 Å². The summed E-state index contributed by atoms with van der Waals surface area (Å²) in [5.41, 5.74) is 0.994. The molecule has 0 aliphatic heterocycles. The fraction of sp³-hybridized carbons (Fsp3) is 0.500. The van der Waals surface area contributed by atoms with Gasteiger partial charge in [-0.3, -0.25) is 0 Å². The van der Waals surface area contributed by atoms with Crippen LogP contribution in [-0.2, 0) is 0 Å². The highest BCUT2D eigenvalue weighted by atomic mass is 16.3. The second kappa shape index (κ2) is 4.11. The summed E-state index contributed by atoms with van der Waals surface area (Å²) in [7, 11) is 6.28. The molecule has 0 radical (unpaired) electrons. The molecule has 1 aromatic rings. The number of aliphatic hydroxyl groups excluding tert-OH is 1. The van der Waals surface area contributed by atoms with Gasteiger partial charge in [0.1, 0.15) is 12.1 Å². The fourth-order valence-corrected chi connectivity index (χ4v) is 1.35. The summed E-state index contributed by atoms with van der Waals surface area (Å²) in [6, 6.07) is 10.0. The summed E-state index contributed by atoms with van der Waals surface area (Å²) >= 11 is 0. The molecular formula is C12H20NO+. The van der Waals surface area contributed by atoms with Crippen LogP contribution >= 0.6 is 0 Å². The minimum Gasteiger partial charge on any atom is -0.382 e. The maximum Gasteiger partial charge on any atom is 0.130 e. The normalized spacial score (nSPS) is 16.4. The van der Waals surface area contributed by atoms with E-state index in [0.717, 1.165) is 10.0 Å². The van der Waals surface area contributed by atoms with Crippen molar-refractivity contribution in [3.8, 4) is 0 Å². The summed E-state index contributed by atoms with van der Waals surface area (Å²) in [6.45, 7) is 2.07. The third-order valence-corrected chi connectivity index (χ3v) is 2.82. The van der Waals surface area contributed by atoms with Gasteiger partial charge in [0.05, 0.1) is 21.1 Å². The van der Waals surface area contributed by atoms with Gasteiger partial charge in [0, 0.05) is 0 Å². The maximum atomic E-state index is 10.1. The lowest BCUT2D eigenvalue weighted by molar-refractivity contribution is -0.898. The first-order valence-corrected chi connectivity index (χ1v) is 4.97. The van der Waals surface area contributed by atoms with E-state index < -0.39 is 6.10 Å². The largest absolute Gasteiger partial charge is 0.382 e. The Balaban J connectivity index is 2.81. The van der Waals surface area contributed by atoms with Crippen LogP contribution in [-0.4, -0.2) is 36.8 Å². The molecule has 2 atom stereocenters. The van der Waals surface area contributed by atoms with Crippen molar-refractivity contribution >= 4 is 0 Å². The van der Waals surface area contributed by atoms with Crippen molar-refractivity contribution in [2.24, 2.45) is 0 Å². The third kappa shape index (κ3) is 2.56. The van der Waals surface area contributed by atoms with Crippen molar-refractivity contribution < 1.29 is 9.59 Å². The smallest absolute Gasteiger partial charge is 0.130 e. The molecule has 0 bridgehead atoms. The highest BCUT2D eigenvalue weighted by molar-refractivity contribution is 5.18. The van der Waals surface area contributed by atoms with E-state index in [1.54, 1.807) is 0 Å². The molecule has 1 aromatic carbocycles. The van der Waals surface area contributed by atoms with E-state index in [4.69, 9.17) is 0 Å². The van der Waals surface area contributed by atoms with E-state index in [0.29, 0.717) is 0 Å². The Bertz CT molecular complexity index is 276. The molecule has 0 spiro atoms. The molecule has 2 nitrogen and oxygen atoms in total. The molecule has 0 aliphatic carbocycles. The van der Waals surface area contributed by atoms with Crippen LogP contribution in [0.2, 0.25) is 0 Å². The number of aliphatic hydroxyl groups is 1. The summed E-state index contributed by atoms with van der Waals surface area (Å²) in [5, 5.41) is 10.1. The van der Waals surface area contributed by atoms with Gasteiger partial charge in [0.15, 0.2) is 0 Å². The van der Waals surface area contributed by atoms with Crippen molar-refractivity contribution in [2.75, 3.05) is 21.1 Å². The number of hydrogen-bond donors (Lipinski definition) is 1. The first kappa shape index (κ1) is 11.2. The van der Waals surface area contributed by atoms with E-state index in [1.165, 1.54) is 0 Å². The van der Waals surface area contributed by atoms with E-state index in [-0.39, 0.29) is 6.04 Å². The first-order chi connectivity index (χ1) is 6.43. The van der Waals surface area contributed by atoms with Crippen LogP contribution in [0.15, 0.2) is 30.3 Å². The monoisotopic (exact) mass is 194 g/mol. The van der Waals surface area contributed by atoms with Gasteiger partial charge in [-0.05, 0) is 12.5 Å². The molecule has 1 rings (SSSR count). The van der Waals surface area contributed by atoms with Crippen molar-refractivity contribution in [1.82, 2.24) is 0 Å². The van der Waals surface area contributed by atoms with Gasteiger partial charge >= 0.3 is 0 Å². The van der Waals surface area contributed by atoms with E-state index in [1.807, 2.05) is 30.3 Å². The summed E-state index contributed by atoms with van der Waals surface area (Å²) < 4.78 is 0.760. The Kier molecular flexibility index (Phi) is 3.29. The van der Waals surface area contributed by atoms with Crippen molar-refractivity contribution in [2.45, 2.75) is 19.1 Å². The van der Waals surface area contributed by atoms with Crippen molar-refractivity contribution in [1.29, 1.82) is 0 Å². The predicted octanol–water partition coefficient (Wildman–Crippen LogP) is 1.81. The van der Waals surface area contributed by atoms with E-state index in [2.05, 4.69) is 28.1 Å². The molecule has 0 saturated carbocycles. The summed E-state index contributed by atoms with van der Waals surface area (Å²) in [6.07, 6.45) is -0.392. The second-order valence-electron chi connectivity index (χ2n) is 4.71. The molecule has 1 unspecified atom stereocenters. The topological polar surface area (TPSA) is 20.2 Å². The molecule has 0 aliphatic rings. The van der Waals surface area contributed by atoms with Gasteiger partial charge in [0.25, 0.3) is 0 Å². The van der Waals surface area contributed by atoms with E-state index >= 15 is 0 Å². The maximum absolute atomic E-state index is 10.1. The van der Waals surface area contributed by atoms with Gasteiger partial charge in [-0.15, -0.1) is 0 Å². The lowest BCUT2D eigenvalue weighted by Crippen LogP contribution is -2.46. The second-order valence-corrected chi connectivity index (χ2v) is 4.71. The van der Waals surface area contributed by atoms with Gasteiger partial charge < -0.3 is 9.59 Å². The number of hydrogen-bond acceptors (Lipinski definition) is 1. The average Bonchev–Trinajstić information content (AvgIpc) is 2.15. The van der Waals surface area contributed by atoms with Gasteiger partial charge in [-0.2, -0.15) is 0 Å². The molecule has 1 N–H and O–H groups in total. The molecular weight excluding hydrogens is 174 g/mol. The Morgan fingerprint density at radius 2 is 1.57 bits per heavy atom. The molecule has 0 fully saturated rings. The number of quaternary nitrogens is 1. The molecule has 0 heterocycles. The van der Waals surface area contributed by atoms with Crippen LogP contribution in [0.3, 0.4) is 0 Å². The average molecular weight is 194 g/mol. The first-order valence-electron chi connectivity index (χ1n) is 4.97. The van der Waals surface area contributed by atoms with E-state index in [9.17, 15) is 5.11 Å². The number of benzene rings is 1. The number of nitrogens with zero attached hydrogens (tertiary/aromatic N) is 1. The highest BCUT2D eigenvalue weighted by Crippen LogP contribution is 2.21. The standard InChI is InChI=1S/C12H20NO/c1-10(13(2,3)4)12(14)11-8-6-5-7-9-11/h5-10,12,14H,1-4H3/q+1/t10?,12-/m1/s1. The fourth-order valence-electron chi connectivity index (χ4n) is 1.35. The van der Waals surface area contributed by atoms with Crippen LogP contribution in [0, 0.1) is 0 Å². The van der Waals surface area contributed by atoms with Crippen LogP contribution in [0.1, 0.15) is 18.6 Å². The molecule has 2 heteroatoms. The Hall–Kier alpha value is -0.860. The Morgan fingerprint density at radius 3 is 2.00 bits per heavy atom.